The fourth-order valence-electron chi connectivity index (χ4n) is 5.23. The van der Waals surface area contributed by atoms with Crippen LogP contribution in [0.2, 0.25) is 0 Å². The first-order valence-corrected chi connectivity index (χ1v) is 11.0. The summed E-state index contributed by atoms with van der Waals surface area (Å²) >= 11 is 3.44. The van der Waals surface area contributed by atoms with Gasteiger partial charge in [0.2, 0.25) is 0 Å². The van der Waals surface area contributed by atoms with Crippen molar-refractivity contribution in [2.24, 2.45) is 5.41 Å². The van der Waals surface area contributed by atoms with Crippen LogP contribution in [0.1, 0.15) is 103 Å². The summed E-state index contributed by atoms with van der Waals surface area (Å²) in [7, 11) is 0. The Labute approximate surface area is 164 Å². The first-order valence-electron chi connectivity index (χ1n) is 10.1. The number of para-hydroxylation sites is 1. The summed E-state index contributed by atoms with van der Waals surface area (Å²) in [5, 5.41) is 0. The first-order chi connectivity index (χ1) is 11.7. The van der Waals surface area contributed by atoms with Crippen LogP contribution in [0.25, 0.3) is 0 Å². The molecule has 1 aromatic carbocycles. The van der Waals surface area contributed by atoms with Crippen molar-refractivity contribution in [1.29, 1.82) is 0 Å². The Morgan fingerprint density at radius 3 is 1.92 bits per heavy atom. The average Bonchev–Trinajstić information content (AvgIpc) is 2.72. The Hall–Kier alpha value is -0.487. The molecule has 1 saturated heterocycles. The van der Waals surface area contributed by atoms with Gasteiger partial charge >= 0.3 is 165 Å². The molecule has 3 rings (SSSR count). The molecule has 1 nitrogen and oxygen atoms in total. The zero-order valence-electron chi connectivity index (χ0n) is 16.9. The summed E-state index contributed by atoms with van der Waals surface area (Å²) in [4.78, 5) is 2.72. The average molecular weight is 428 g/mol. The molecule has 1 spiro atoms. The fourth-order valence-corrected chi connectivity index (χ4v) is 6.47. The molecule has 0 amide bonds. The van der Waals surface area contributed by atoms with Crippen LogP contribution in [0.5, 0.6) is 0 Å². The molecule has 0 unspecified atom stereocenters. The Morgan fingerprint density at radius 2 is 1.44 bits per heavy atom. The van der Waals surface area contributed by atoms with E-state index in [0.717, 1.165) is 0 Å². The second-order valence-corrected chi connectivity index (χ2v) is 10.3. The van der Waals surface area contributed by atoms with Crippen molar-refractivity contribution in [1.82, 2.24) is 0 Å². The van der Waals surface area contributed by atoms with Gasteiger partial charge in [-0.1, -0.05) is 0 Å². The second-order valence-electron chi connectivity index (χ2n) is 9.53. The van der Waals surface area contributed by atoms with Gasteiger partial charge in [0.1, 0.15) is 0 Å². The molecule has 0 N–H and O–H groups in total. The molecule has 1 aliphatic heterocycles. The topological polar surface area (TPSA) is 3.24 Å². The molecule has 0 atom stereocenters. The summed E-state index contributed by atoms with van der Waals surface area (Å²) in [6.45, 7) is 14.3. The molecule has 25 heavy (non-hydrogen) atoms. The van der Waals surface area contributed by atoms with Gasteiger partial charge in [0.05, 0.1) is 0 Å². The summed E-state index contributed by atoms with van der Waals surface area (Å²) in [5.41, 5.74) is 5.08. The molecule has 1 heterocycles. The molecular formula is C23H35NRh. The normalized spacial score (nSPS) is 22.4. The number of hydrogen-bond donors (Lipinski definition) is 0. The molecule has 1 aliphatic carbocycles. The molecule has 0 radical (unpaired) electrons. The summed E-state index contributed by atoms with van der Waals surface area (Å²) in [5.74, 6) is 1.09. The van der Waals surface area contributed by atoms with Crippen molar-refractivity contribution >= 4 is 9.92 Å². The van der Waals surface area contributed by atoms with Crippen LogP contribution >= 0.6 is 0 Å². The third-order valence-corrected chi connectivity index (χ3v) is 7.59. The molecule has 1 aromatic rings. The Kier molecular flexibility index (Phi) is 5.33. The number of rotatable bonds is 3. The van der Waals surface area contributed by atoms with Crippen LogP contribution in [-0.2, 0) is 17.9 Å². The summed E-state index contributed by atoms with van der Waals surface area (Å²) in [6.07, 6.45) is 8.20. The zero-order valence-corrected chi connectivity index (χ0v) is 18.5. The van der Waals surface area contributed by atoms with Gasteiger partial charge in [-0.3, -0.25) is 0 Å². The molecular weight excluding hydrogens is 393 g/mol. The van der Waals surface area contributed by atoms with E-state index in [1.165, 1.54) is 59.6 Å². The van der Waals surface area contributed by atoms with E-state index in [2.05, 4.69) is 82.5 Å². The maximum absolute atomic E-state index is 3.44. The third-order valence-electron chi connectivity index (χ3n) is 6.35. The van der Waals surface area contributed by atoms with E-state index < -0.39 is 0 Å². The van der Waals surface area contributed by atoms with Gasteiger partial charge in [-0.25, -0.2) is 0 Å². The predicted octanol–water partition coefficient (Wildman–Crippen LogP) is 6.55. The van der Waals surface area contributed by atoms with Crippen molar-refractivity contribution in [2.75, 3.05) is 4.90 Å². The molecule has 0 aromatic heterocycles. The van der Waals surface area contributed by atoms with Crippen LogP contribution in [-0.4, -0.2) is 9.77 Å². The van der Waals surface area contributed by atoms with Crippen LogP contribution in [0.15, 0.2) is 18.2 Å². The van der Waals surface area contributed by atoms with Crippen molar-refractivity contribution in [2.45, 2.75) is 97.4 Å². The maximum atomic E-state index is 3.44. The van der Waals surface area contributed by atoms with Crippen LogP contribution in [0.4, 0.5) is 5.69 Å². The number of hydrogen-bond acceptors (Lipinski definition) is 1. The zero-order chi connectivity index (χ0) is 18.4. The van der Waals surface area contributed by atoms with E-state index in [1.54, 1.807) is 0 Å². The van der Waals surface area contributed by atoms with Crippen LogP contribution in [0.3, 0.4) is 0 Å². The van der Waals surface area contributed by atoms with E-state index in [4.69, 9.17) is 0 Å². The standard InChI is InChI=1S/C23H35N.Rh/c1-17(2)19-11-10-12-20(18(3)4)21(19)24-16-23(15-22(24,5)6)13-8-7-9-14-23;/h10-12,17-18H,7-9,13-15H2,1-6H3;. The minimum atomic E-state index is 0.177. The molecule has 141 valence electrons. The summed E-state index contributed by atoms with van der Waals surface area (Å²) < 4.78 is 1.54. The monoisotopic (exact) mass is 428 g/mol. The Balaban J connectivity index is 2.16. The summed E-state index contributed by atoms with van der Waals surface area (Å²) in [6, 6.07) is 6.96. The van der Waals surface area contributed by atoms with Crippen molar-refractivity contribution in [3.8, 4) is 0 Å². The molecule has 2 heteroatoms. The van der Waals surface area contributed by atoms with Crippen molar-refractivity contribution < 1.29 is 17.9 Å². The Bertz CT molecular complexity index is 624. The van der Waals surface area contributed by atoms with E-state index in [1.807, 2.05) is 0 Å². The number of nitrogens with zero attached hydrogens (tertiary/aromatic N) is 1. The molecule has 2 fully saturated rings. The van der Waals surface area contributed by atoms with Crippen LogP contribution in [0, 0.1) is 5.41 Å². The van der Waals surface area contributed by atoms with Crippen LogP contribution < -0.4 is 4.90 Å². The van der Waals surface area contributed by atoms with E-state index in [-0.39, 0.29) is 5.54 Å². The van der Waals surface area contributed by atoms with Gasteiger partial charge in [0.15, 0.2) is 0 Å². The number of anilines is 1. The molecule has 2 aliphatic rings. The first kappa shape index (κ1) is 19.3. The predicted molar refractivity (Wildman–Crippen MR) is 106 cm³/mol. The van der Waals surface area contributed by atoms with Gasteiger partial charge < -0.3 is 0 Å². The second kappa shape index (κ2) is 6.92. The Morgan fingerprint density at radius 1 is 0.920 bits per heavy atom. The van der Waals surface area contributed by atoms with Crippen molar-refractivity contribution in [3.63, 3.8) is 0 Å². The van der Waals surface area contributed by atoms with E-state index in [9.17, 15) is 0 Å². The molecule has 1 saturated carbocycles. The quantitative estimate of drug-likeness (QED) is 0.494. The SMILES string of the molecule is CC(C)c1cccc(C(C)C)c1N1[C](=[Rh])C2(CCCCC2)CC1(C)C. The van der Waals surface area contributed by atoms with Gasteiger partial charge in [0, 0.05) is 0 Å². The number of benzene rings is 1. The van der Waals surface area contributed by atoms with Gasteiger partial charge in [-0.05, 0) is 0 Å². The van der Waals surface area contributed by atoms with Gasteiger partial charge in [0.25, 0.3) is 0 Å². The molecule has 0 bridgehead atoms. The van der Waals surface area contributed by atoms with E-state index >= 15 is 0 Å². The van der Waals surface area contributed by atoms with E-state index in [0.29, 0.717) is 17.3 Å². The van der Waals surface area contributed by atoms with Crippen molar-refractivity contribution in [3.05, 3.63) is 29.3 Å². The van der Waals surface area contributed by atoms with Gasteiger partial charge in [-0.15, -0.1) is 0 Å². The minimum absolute atomic E-state index is 0.177. The fraction of sp³-hybridized carbons (Fsp3) is 0.696. The third kappa shape index (κ3) is 3.29. The van der Waals surface area contributed by atoms with Gasteiger partial charge in [-0.2, -0.15) is 0 Å².